The summed E-state index contributed by atoms with van der Waals surface area (Å²) in [5.41, 5.74) is -1.44. The number of Topliss-reactive ketones (excluding diaryl/α,β-unsaturated/α-hetero) is 1. The van der Waals surface area contributed by atoms with Gasteiger partial charge in [-0.2, -0.15) is 13.2 Å². The fourth-order valence-corrected chi connectivity index (χ4v) is 3.86. The van der Waals surface area contributed by atoms with Gasteiger partial charge in [-0.15, -0.1) is 0 Å². The molecule has 0 aromatic carbocycles. The number of carbonyl (C=O) groups excluding carboxylic acids is 1. The Hall–Kier alpha value is -2.39. The van der Waals surface area contributed by atoms with Crippen molar-refractivity contribution in [1.82, 2.24) is 4.98 Å². The summed E-state index contributed by atoms with van der Waals surface area (Å²) in [5.74, 6) is -1.03. The Labute approximate surface area is 165 Å². The minimum Gasteiger partial charge on any atom is -0.511 e. The van der Waals surface area contributed by atoms with Gasteiger partial charge < -0.3 is 19.7 Å². The van der Waals surface area contributed by atoms with Gasteiger partial charge in [0.25, 0.3) is 0 Å². The molecular formula is C20H22F3NO5. The van der Waals surface area contributed by atoms with Crippen molar-refractivity contribution in [1.29, 1.82) is 0 Å². The number of halogens is 3. The number of aliphatic hydroxyl groups excluding tert-OH is 2. The molecule has 0 saturated heterocycles. The lowest BCUT2D eigenvalue weighted by Gasteiger charge is -2.26. The highest BCUT2D eigenvalue weighted by atomic mass is 19.4. The van der Waals surface area contributed by atoms with Gasteiger partial charge in [0.05, 0.1) is 30.7 Å². The zero-order valence-electron chi connectivity index (χ0n) is 15.6. The van der Waals surface area contributed by atoms with Crippen molar-refractivity contribution in [2.75, 3.05) is 13.2 Å². The largest absolute Gasteiger partial charge is 0.511 e. The summed E-state index contributed by atoms with van der Waals surface area (Å²) in [5, 5.41) is 21.3. The van der Waals surface area contributed by atoms with Gasteiger partial charge in [-0.25, -0.2) is 4.98 Å². The van der Waals surface area contributed by atoms with Crippen molar-refractivity contribution < 1.29 is 37.7 Å². The van der Waals surface area contributed by atoms with Crippen LogP contribution in [0.5, 0.6) is 0 Å². The second-order valence-corrected chi connectivity index (χ2v) is 7.09. The number of aliphatic hydroxyl groups is 2. The first-order valence-electron chi connectivity index (χ1n) is 9.26. The maximum Gasteiger partial charge on any atom is 0.433 e. The maximum absolute atomic E-state index is 13.1. The molecule has 1 aromatic heterocycles. The molecule has 0 radical (unpaired) electrons. The number of aromatic nitrogens is 1. The van der Waals surface area contributed by atoms with Gasteiger partial charge in [0.15, 0.2) is 5.78 Å². The van der Waals surface area contributed by atoms with E-state index in [1.54, 1.807) is 0 Å². The van der Waals surface area contributed by atoms with Crippen molar-refractivity contribution >= 4 is 5.78 Å². The molecule has 0 aliphatic heterocycles. The third kappa shape index (κ3) is 4.45. The highest BCUT2D eigenvalue weighted by molar-refractivity contribution is 6.00. The molecule has 9 heteroatoms. The predicted octanol–water partition coefficient (Wildman–Crippen LogP) is 3.62. The van der Waals surface area contributed by atoms with Gasteiger partial charge in [0.2, 0.25) is 0 Å². The topological polar surface area (TPSA) is 88.9 Å². The number of carbonyl (C=O) groups is 1. The number of allylic oxidation sites excluding steroid dienone is 1. The van der Waals surface area contributed by atoms with E-state index in [1.807, 2.05) is 0 Å². The first-order chi connectivity index (χ1) is 13.7. The Bertz CT molecular complexity index is 821. The minimum atomic E-state index is -4.68. The molecule has 0 spiro atoms. The molecule has 158 valence electrons. The number of fused-ring (bicyclic) bond motifs is 2. The maximum atomic E-state index is 13.1. The highest BCUT2D eigenvalue weighted by Gasteiger charge is 2.44. The van der Waals surface area contributed by atoms with Crippen LogP contribution in [0.1, 0.15) is 42.3 Å². The quantitative estimate of drug-likeness (QED) is 0.500. The second kappa shape index (κ2) is 8.54. The van der Waals surface area contributed by atoms with Crippen LogP contribution in [-0.4, -0.2) is 34.2 Å². The molecule has 1 heterocycles. The molecule has 6 nitrogen and oxygen atoms in total. The summed E-state index contributed by atoms with van der Waals surface area (Å²) in [6.07, 6.45) is -3.25. The van der Waals surface area contributed by atoms with Crippen molar-refractivity contribution in [2.45, 2.75) is 38.1 Å². The number of ketones is 1. The number of ether oxygens (including phenoxy) is 2. The molecule has 0 amide bonds. The van der Waals surface area contributed by atoms with Gasteiger partial charge in [0, 0.05) is 17.4 Å². The minimum absolute atomic E-state index is 0.00107. The first kappa shape index (κ1) is 21.3. The number of nitrogens with zero attached hydrogens (tertiary/aromatic N) is 1. The van der Waals surface area contributed by atoms with Gasteiger partial charge in [0.1, 0.15) is 24.2 Å². The summed E-state index contributed by atoms with van der Waals surface area (Å²) >= 11 is 0. The van der Waals surface area contributed by atoms with E-state index in [2.05, 4.69) is 11.6 Å². The van der Waals surface area contributed by atoms with Crippen LogP contribution in [0.25, 0.3) is 0 Å². The van der Waals surface area contributed by atoms with Crippen LogP contribution in [0.3, 0.4) is 0 Å². The average molecular weight is 413 g/mol. The Morgan fingerprint density at radius 1 is 1.28 bits per heavy atom. The number of rotatable bonds is 8. The van der Waals surface area contributed by atoms with Crippen LogP contribution >= 0.6 is 0 Å². The van der Waals surface area contributed by atoms with E-state index >= 15 is 0 Å². The molecule has 2 aliphatic carbocycles. The molecule has 2 aliphatic rings. The normalized spacial score (nSPS) is 22.7. The third-order valence-electron chi connectivity index (χ3n) is 5.30. The number of alkyl halides is 3. The van der Waals surface area contributed by atoms with Crippen molar-refractivity contribution in [3.63, 3.8) is 0 Å². The lowest BCUT2D eigenvalue weighted by atomic mass is 9.82. The van der Waals surface area contributed by atoms with Crippen molar-refractivity contribution in [2.24, 2.45) is 11.8 Å². The second-order valence-electron chi connectivity index (χ2n) is 7.09. The standard InChI is InChI=1S/C20H22F3NO5/c1-2-28-7-8-29-10-14-13(5-6-15(24-14)20(21,22)23)19(27)16-17(25)11-3-4-12(9-11)18(16)26/h2,5-6,11-12,19,25,27H,1,3-4,7-10H2. The lowest BCUT2D eigenvalue weighted by Crippen LogP contribution is -2.27. The Morgan fingerprint density at radius 3 is 2.69 bits per heavy atom. The fraction of sp³-hybridized carbons (Fsp3) is 0.500. The van der Waals surface area contributed by atoms with E-state index in [9.17, 15) is 28.2 Å². The predicted molar refractivity (Wildman–Crippen MR) is 95.5 cm³/mol. The molecular weight excluding hydrogens is 391 g/mol. The van der Waals surface area contributed by atoms with E-state index < -0.39 is 18.0 Å². The summed E-state index contributed by atoms with van der Waals surface area (Å²) < 4.78 is 49.4. The molecule has 3 unspecified atom stereocenters. The van der Waals surface area contributed by atoms with Gasteiger partial charge >= 0.3 is 6.18 Å². The number of hydrogen-bond acceptors (Lipinski definition) is 6. The van der Waals surface area contributed by atoms with Gasteiger partial charge in [-0.05, 0) is 25.3 Å². The van der Waals surface area contributed by atoms with Crippen LogP contribution in [0, 0.1) is 11.8 Å². The van der Waals surface area contributed by atoms with E-state index in [-0.39, 0.29) is 60.0 Å². The average Bonchev–Trinajstić information content (AvgIpc) is 3.13. The zero-order chi connectivity index (χ0) is 21.2. The molecule has 3 rings (SSSR count). The van der Waals surface area contributed by atoms with Gasteiger partial charge in [-0.3, -0.25) is 4.79 Å². The molecule has 2 bridgehead atoms. The smallest absolute Gasteiger partial charge is 0.433 e. The molecule has 29 heavy (non-hydrogen) atoms. The zero-order valence-corrected chi connectivity index (χ0v) is 15.6. The lowest BCUT2D eigenvalue weighted by molar-refractivity contribution is -0.141. The number of pyridine rings is 1. The Morgan fingerprint density at radius 2 is 2.00 bits per heavy atom. The monoisotopic (exact) mass is 413 g/mol. The summed E-state index contributed by atoms with van der Waals surface area (Å²) in [6, 6.07) is 1.81. The van der Waals surface area contributed by atoms with Crippen LogP contribution in [-0.2, 0) is 27.1 Å². The molecule has 1 saturated carbocycles. The fourth-order valence-electron chi connectivity index (χ4n) is 3.86. The van der Waals surface area contributed by atoms with Crippen LogP contribution in [0.15, 0.2) is 36.3 Å². The SMILES string of the molecule is C=COCCOCc1nc(C(F)(F)F)ccc1C(O)C1=C(O)C2CCC(C2)C1=O. The molecule has 3 atom stereocenters. The van der Waals surface area contributed by atoms with E-state index in [1.165, 1.54) is 6.26 Å². The molecule has 1 fully saturated rings. The van der Waals surface area contributed by atoms with E-state index in [0.717, 1.165) is 12.1 Å². The first-order valence-corrected chi connectivity index (χ1v) is 9.26. The van der Waals surface area contributed by atoms with E-state index in [4.69, 9.17) is 9.47 Å². The number of hydrogen-bond donors (Lipinski definition) is 2. The van der Waals surface area contributed by atoms with Crippen molar-refractivity contribution in [3.05, 3.63) is 53.3 Å². The Balaban J connectivity index is 1.91. The summed E-state index contributed by atoms with van der Waals surface area (Å²) in [4.78, 5) is 16.2. The Kier molecular flexibility index (Phi) is 6.28. The van der Waals surface area contributed by atoms with E-state index in [0.29, 0.717) is 19.3 Å². The third-order valence-corrected chi connectivity index (χ3v) is 5.30. The van der Waals surface area contributed by atoms with Crippen LogP contribution < -0.4 is 0 Å². The van der Waals surface area contributed by atoms with Crippen LogP contribution in [0.4, 0.5) is 13.2 Å². The van der Waals surface area contributed by atoms with Gasteiger partial charge in [-0.1, -0.05) is 12.6 Å². The molecule has 2 N–H and O–H groups in total. The summed E-state index contributed by atoms with van der Waals surface area (Å²) in [7, 11) is 0. The van der Waals surface area contributed by atoms with Crippen molar-refractivity contribution in [3.8, 4) is 0 Å². The highest BCUT2D eigenvalue weighted by Crippen LogP contribution is 2.46. The van der Waals surface area contributed by atoms with Crippen LogP contribution in [0.2, 0.25) is 0 Å². The molecule has 1 aromatic rings. The summed E-state index contributed by atoms with van der Waals surface area (Å²) in [6.45, 7) is 3.25.